The number of unbranched alkanes of at least 4 members (excludes halogenated alkanes) is 8. The average Bonchev–Trinajstić information content (AvgIpc) is 2.34. The second kappa shape index (κ2) is 14.0. The largest absolute Gasteiger partial charge is 0.478 e. The van der Waals surface area contributed by atoms with E-state index in [0.717, 1.165) is 19.3 Å². The summed E-state index contributed by atoms with van der Waals surface area (Å²) >= 11 is 0. The number of allylic oxidation sites excluding steroid dienone is 3. The molecule has 18 heavy (non-hydrogen) atoms. The van der Waals surface area contributed by atoms with Crippen LogP contribution in [0.2, 0.25) is 0 Å². The quantitative estimate of drug-likeness (QED) is 0.298. The zero-order chi connectivity index (χ0) is 13.5. The normalized spacial score (nSPS) is 11.6. The number of hydrogen-bond acceptors (Lipinski definition) is 1. The predicted molar refractivity (Wildman–Crippen MR) is 77.8 cm³/mol. The molecule has 0 atom stereocenters. The van der Waals surface area contributed by atoms with Crippen LogP contribution < -0.4 is 0 Å². The van der Waals surface area contributed by atoms with Crippen molar-refractivity contribution >= 4 is 5.97 Å². The van der Waals surface area contributed by atoms with Gasteiger partial charge in [-0.15, -0.1) is 0 Å². The van der Waals surface area contributed by atoms with Crippen LogP contribution in [0.25, 0.3) is 0 Å². The summed E-state index contributed by atoms with van der Waals surface area (Å²) in [5.74, 6) is -0.846. The van der Waals surface area contributed by atoms with E-state index in [2.05, 4.69) is 19.1 Å². The molecule has 0 aliphatic rings. The van der Waals surface area contributed by atoms with Crippen molar-refractivity contribution in [3.05, 3.63) is 24.3 Å². The lowest BCUT2D eigenvalue weighted by Crippen LogP contribution is -1.85. The Kier molecular flexibility index (Phi) is 13.2. The lowest BCUT2D eigenvalue weighted by atomic mass is 10.1. The first-order valence-corrected chi connectivity index (χ1v) is 7.31. The van der Waals surface area contributed by atoms with Gasteiger partial charge in [0.05, 0.1) is 0 Å². The topological polar surface area (TPSA) is 37.3 Å². The van der Waals surface area contributed by atoms with E-state index >= 15 is 0 Å². The lowest BCUT2D eigenvalue weighted by Gasteiger charge is -1.96. The minimum absolute atomic E-state index is 0.846. The maximum absolute atomic E-state index is 10.2. The Morgan fingerprint density at radius 1 is 0.833 bits per heavy atom. The van der Waals surface area contributed by atoms with E-state index in [-0.39, 0.29) is 0 Å². The molecule has 0 bridgehead atoms. The molecule has 0 saturated heterocycles. The Bertz CT molecular complexity index is 241. The molecule has 2 nitrogen and oxygen atoms in total. The van der Waals surface area contributed by atoms with Gasteiger partial charge >= 0.3 is 5.97 Å². The molecule has 0 unspecified atom stereocenters. The van der Waals surface area contributed by atoms with Crippen LogP contribution in [-0.2, 0) is 4.79 Å². The molecule has 0 radical (unpaired) electrons. The Balaban J connectivity index is 3.15. The van der Waals surface area contributed by atoms with Crippen molar-refractivity contribution in [1.82, 2.24) is 0 Å². The summed E-state index contributed by atoms with van der Waals surface area (Å²) in [4.78, 5) is 10.2. The van der Waals surface area contributed by atoms with E-state index in [1.165, 1.54) is 51.0 Å². The van der Waals surface area contributed by atoms with E-state index in [1.807, 2.05) is 0 Å². The Morgan fingerprint density at radius 3 is 1.83 bits per heavy atom. The minimum atomic E-state index is -0.846. The van der Waals surface area contributed by atoms with Gasteiger partial charge in [-0.1, -0.05) is 50.8 Å². The summed E-state index contributed by atoms with van der Waals surface area (Å²) in [5, 5.41) is 8.39. The summed E-state index contributed by atoms with van der Waals surface area (Å²) in [6, 6.07) is 0. The fourth-order valence-electron chi connectivity index (χ4n) is 1.81. The van der Waals surface area contributed by atoms with Gasteiger partial charge in [-0.2, -0.15) is 0 Å². The van der Waals surface area contributed by atoms with E-state index in [9.17, 15) is 4.79 Å². The van der Waals surface area contributed by atoms with Gasteiger partial charge in [0.25, 0.3) is 0 Å². The van der Waals surface area contributed by atoms with Gasteiger partial charge in [-0.3, -0.25) is 0 Å². The summed E-state index contributed by atoms with van der Waals surface area (Å²) in [5.41, 5.74) is 0. The van der Waals surface area contributed by atoms with Gasteiger partial charge in [-0.05, 0) is 38.5 Å². The van der Waals surface area contributed by atoms with Crippen LogP contribution in [0, 0.1) is 0 Å². The molecule has 0 rings (SSSR count). The van der Waals surface area contributed by atoms with E-state index < -0.39 is 5.97 Å². The van der Waals surface area contributed by atoms with Crippen LogP contribution in [0.1, 0.15) is 71.1 Å². The SMILES string of the molecule is CCCCCC/C=C\CCCCC/C=C/C(=O)O. The zero-order valence-corrected chi connectivity index (χ0v) is 11.7. The van der Waals surface area contributed by atoms with Crippen molar-refractivity contribution < 1.29 is 9.90 Å². The molecule has 0 spiro atoms. The van der Waals surface area contributed by atoms with Crippen LogP contribution in [0.3, 0.4) is 0 Å². The average molecular weight is 252 g/mol. The smallest absolute Gasteiger partial charge is 0.327 e. The van der Waals surface area contributed by atoms with Crippen LogP contribution >= 0.6 is 0 Å². The highest BCUT2D eigenvalue weighted by Crippen LogP contribution is 2.06. The molecular weight excluding hydrogens is 224 g/mol. The van der Waals surface area contributed by atoms with Gasteiger partial charge in [-0.25, -0.2) is 4.79 Å². The van der Waals surface area contributed by atoms with E-state index in [4.69, 9.17) is 5.11 Å². The first-order valence-electron chi connectivity index (χ1n) is 7.31. The standard InChI is InChI=1S/C16H28O2/c1-2-3-4-5-6-7-8-9-10-11-12-13-14-15-16(17)18/h7-8,14-15H,2-6,9-13H2,1H3,(H,17,18)/b8-7-,15-14+. The van der Waals surface area contributed by atoms with Gasteiger partial charge in [0.15, 0.2) is 0 Å². The highest BCUT2D eigenvalue weighted by Gasteiger charge is 1.88. The van der Waals surface area contributed by atoms with Crippen LogP contribution in [0.4, 0.5) is 0 Å². The third-order valence-electron chi connectivity index (χ3n) is 2.89. The van der Waals surface area contributed by atoms with E-state index in [0.29, 0.717) is 0 Å². The van der Waals surface area contributed by atoms with Crippen LogP contribution in [0.5, 0.6) is 0 Å². The van der Waals surface area contributed by atoms with Gasteiger partial charge in [0.1, 0.15) is 0 Å². The minimum Gasteiger partial charge on any atom is -0.478 e. The fourth-order valence-corrected chi connectivity index (χ4v) is 1.81. The molecule has 1 N–H and O–H groups in total. The first-order chi connectivity index (χ1) is 8.77. The van der Waals surface area contributed by atoms with Crippen molar-refractivity contribution in [2.75, 3.05) is 0 Å². The Hall–Kier alpha value is -1.05. The molecule has 0 aliphatic carbocycles. The molecule has 0 saturated carbocycles. The van der Waals surface area contributed by atoms with Crippen molar-refractivity contribution in [1.29, 1.82) is 0 Å². The van der Waals surface area contributed by atoms with Crippen LogP contribution in [-0.4, -0.2) is 11.1 Å². The van der Waals surface area contributed by atoms with Gasteiger partial charge in [0.2, 0.25) is 0 Å². The van der Waals surface area contributed by atoms with Gasteiger partial charge in [0, 0.05) is 6.08 Å². The maximum atomic E-state index is 10.2. The number of carbonyl (C=O) groups is 1. The molecular formula is C16H28O2. The summed E-state index contributed by atoms with van der Waals surface area (Å²) in [7, 11) is 0. The Morgan fingerprint density at radius 2 is 1.33 bits per heavy atom. The summed E-state index contributed by atoms with van der Waals surface area (Å²) in [6.07, 6.45) is 19.7. The second-order valence-electron chi connectivity index (χ2n) is 4.70. The number of rotatable bonds is 12. The van der Waals surface area contributed by atoms with Crippen molar-refractivity contribution in [3.8, 4) is 0 Å². The molecule has 0 aromatic rings. The van der Waals surface area contributed by atoms with E-state index in [1.54, 1.807) is 6.08 Å². The number of carboxylic acid groups (broad SMARTS) is 1. The zero-order valence-electron chi connectivity index (χ0n) is 11.7. The first kappa shape index (κ1) is 16.9. The monoisotopic (exact) mass is 252 g/mol. The molecule has 0 aromatic carbocycles. The molecule has 0 fully saturated rings. The number of hydrogen-bond donors (Lipinski definition) is 1. The molecule has 0 aromatic heterocycles. The molecule has 0 heterocycles. The summed E-state index contributed by atoms with van der Waals surface area (Å²) < 4.78 is 0. The fraction of sp³-hybridized carbons (Fsp3) is 0.688. The highest BCUT2D eigenvalue weighted by molar-refractivity contribution is 5.79. The summed E-state index contributed by atoms with van der Waals surface area (Å²) in [6.45, 7) is 2.24. The number of aliphatic carboxylic acids is 1. The highest BCUT2D eigenvalue weighted by atomic mass is 16.4. The molecule has 104 valence electrons. The molecule has 0 aliphatic heterocycles. The third kappa shape index (κ3) is 14.9. The van der Waals surface area contributed by atoms with Gasteiger partial charge < -0.3 is 5.11 Å². The van der Waals surface area contributed by atoms with Crippen molar-refractivity contribution in [3.63, 3.8) is 0 Å². The van der Waals surface area contributed by atoms with Crippen LogP contribution in [0.15, 0.2) is 24.3 Å². The Labute approximate surface area is 112 Å². The molecule has 2 heteroatoms. The predicted octanol–water partition coefficient (Wildman–Crippen LogP) is 5.10. The lowest BCUT2D eigenvalue weighted by molar-refractivity contribution is -0.131. The molecule has 0 amide bonds. The number of carboxylic acids is 1. The van der Waals surface area contributed by atoms with Crippen molar-refractivity contribution in [2.24, 2.45) is 0 Å². The maximum Gasteiger partial charge on any atom is 0.327 e. The second-order valence-corrected chi connectivity index (χ2v) is 4.70. The third-order valence-corrected chi connectivity index (χ3v) is 2.89. The van der Waals surface area contributed by atoms with Crippen molar-refractivity contribution in [2.45, 2.75) is 71.1 Å².